The second-order valence-corrected chi connectivity index (χ2v) is 8.03. The molecule has 3 aromatic rings. The van der Waals surface area contributed by atoms with Crippen molar-refractivity contribution in [3.05, 3.63) is 71.4 Å². The zero-order valence-corrected chi connectivity index (χ0v) is 17.4. The Hall–Kier alpha value is -2.92. The highest BCUT2D eigenvalue weighted by Crippen LogP contribution is 2.39. The molecule has 5 heteroatoms. The number of carboxylic acids is 1. The average molecular weight is 405 g/mol. The molecule has 1 aliphatic rings. The summed E-state index contributed by atoms with van der Waals surface area (Å²) in [5.41, 5.74) is 3.10. The number of carboxylic acid groups (broad SMARTS) is 1. The predicted molar refractivity (Wildman–Crippen MR) is 116 cm³/mol. The third-order valence-electron chi connectivity index (χ3n) is 6.21. The zero-order chi connectivity index (χ0) is 21.1. The van der Waals surface area contributed by atoms with Gasteiger partial charge in [-0.2, -0.15) is 0 Å². The monoisotopic (exact) mass is 405 g/mol. The van der Waals surface area contributed by atoms with E-state index in [0.717, 1.165) is 28.8 Å². The van der Waals surface area contributed by atoms with E-state index in [1.807, 2.05) is 31.4 Å². The molecule has 0 radical (unpaired) electrons. The molecule has 4 rings (SSSR count). The van der Waals surface area contributed by atoms with Crippen LogP contribution in [0, 0.1) is 5.92 Å². The number of aromatic nitrogens is 1. The van der Waals surface area contributed by atoms with Crippen LogP contribution in [0.15, 0.2) is 54.6 Å². The molecule has 5 nitrogen and oxygen atoms in total. The molecule has 156 valence electrons. The van der Waals surface area contributed by atoms with Crippen LogP contribution < -0.4 is 4.74 Å². The molecule has 0 bridgehead atoms. The standard InChI is InChI=1S/C25H27NO4/c1-16(22-7-4-8-24(22)29-2)17-5-3-6-21(14-17)30-15-20-11-9-18-13-19(25(27)28)10-12-23(18)26-20/h3,5-6,9-14,16,22,24H,4,7-8,15H2,1-2H3,(H,27,28). The molecule has 0 aliphatic heterocycles. The van der Waals surface area contributed by atoms with E-state index in [4.69, 9.17) is 14.6 Å². The van der Waals surface area contributed by atoms with E-state index in [2.05, 4.69) is 24.0 Å². The highest BCUT2D eigenvalue weighted by atomic mass is 16.5. The summed E-state index contributed by atoms with van der Waals surface area (Å²) >= 11 is 0. The minimum atomic E-state index is -0.937. The Labute approximate surface area is 176 Å². The lowest BCUT2D eigenvalue weighted by Gasteiger charge is -2.25. The van der Waals surface area contributed by atoms with E-state index in [-0.39, 0.29) is 5.56 Å². The maximum absolute atomic E-state index is 11.1. The van der Waals surface area contributed by atoms with E-state index in [9.17, 15) is 4.79 Å². The SMILES string of the molecule is COC1CCCC1C(C)c1cccc(OCc2ccc3cc(C(=O)O)ccc3n2)c1. The lowest BCUT2D eigenvalue weighted by atomic mass is 9.85. The number of ether oxygens (including phenoxy) is 2. The van der Waals surface area contributed by atoms with Crippen molar-refractivity contribution >= 4 is 16.9 Å². The largest absolute Gasteiger partial charge is 0.487 e. The Morgan fingerprint density at radius 3 is 2.83 bits per heavy atom. The van der Waals surface area contributed by atoms with Gasteiger partial charge in [0.15, 0.2) is 0 Å². The molecule has 0 amide bonds. The van der Waals surface area contributed by atoms with Crippen LogP contribution in [0.2, 0.25) is 0 Å². The van der Waals surface area contributed by atoms with Gasteiger partial charge in [-0.25, -0.2) is 9.78 Å². The normalized spacial score (nSPS) is 19.7. The van der Waals surface area contributed by atoms with Gasteiger partial charge in [0.05, 0.1) is 22.9 Å². The van der Waals surface area contributed by atoms with Crippen molar-refractivity contribution in [1.29, 1.82) is 0 Å². The summed E-state index contributed by atoms with van der Waals surface area (Å²) in [6, 6.07) is 17.0. The molecule has 30 heavy (non-hydrogen) atoms. The summed E-state index contributed by atoms with van der Waals surface area (Å²) in [5.74, 6) is 0.855. The summed E-state index contributed by atoms with van der Waals surface area (Å²) in [6.45, 7) is 2.63. The number of aromatic carboxylic acids is 1. The highest BCUT2D eigenvalue weighted by molar-refractivity contribution is 5.93. The first-order chi connectivity index (χ1) is 14.5. The van der Waals surface area contributed by atoms with Crippen molar-refractivity contribution < 1.29 is 19.4 Å². The summed E-state index contributed by atoms with van der Waals surface area (Å²) < 4.78 is 11.7. The maximum atomic E-state index is 11.1. The minimum absolute atomic E-state index is 0.261. The maximum Gasteiger partial charge on any atom is 0.335 e. The van der Waals surface area contributed by atoms with Crippen LogP contribution in [0.1, 0.15) is 53.7 Å². The van der Waals surface area contributed by atoms with E-state index in [1.54, 1.807) is 18.2 Å². The Kier molecular flexibility index (Phi) is 6.00. The Bertz CT molecular complexity index is 1050. The van der Waals surface area contributed by atoms with Gasteiger partial charge in [-0.3, -0.25) is 0 Å². The van der Waals surface area contributed by atoms with E-state index in [1.165, 1.54) is 18.4 Å². The first-order valence-electron chi connectivity index (χ1n) is 10.4. The fourth-order valence-electron chi connectivity index (χ4n) is 4.49. The first-order valence-corrected chi connectivity index (χ1v) is 10.4. The van der Waals surface area contributed by atoms with Gasteiger partial charge in [-0.1, -0.05) is 31.5 Å². The molecule has 3 unspecified atom stereocenters. The number of methoxy groups -OCH3 is 1. The van der Waals surface area contributed by atoms with Crippen LogP contribution >= 0.6 is 0 Å². The van der Waals surface area contributed by atoms with Crippen molar-refractivity contribution in [3.8, 4) is 5.75 Å². The number of pyridine rings is 1. The Balaban J connectivity index is 1.45. The van der Waals surface area contributed by atoms with Crippen LogP contribution in [-0.2, 0) is 11.3 Å². The second kappa shape index (κ2) is 8.84. The lowest BCUT2D eigenvalue weighted by Crippen LogP contribution is -2.21. The Morgan fingerprint density at radius 2 is 2.03 bits per heavy atom. The number of carbonyl (C=O) groups is 1. The molecular formula is C25H27NO4. The van der Waals surface area contributed by atoms with E-state index >= 15 is 0 Å². The molecule has 0 saturated heterocycles. The van der Waals surface area contributed by atoms with Gasteiger partial charge in [0.25, 0.3) is 0 Å². The third-order valence-corrected chi connectivity index (χ3v) is 6.21. The van der Waals surface area contributed by atoms with Crippen LogP contribution in [0.5, 0.6) is 5.75 Å². The van der Waals surface area contributed by atoms with Crippen molar-refractivity contribution in [3.63, 3.8) is 0 Å². The number of hydrogen-bond donors (Lipinski definition) is 1. The molecule has 3 atom stereocenters. The fourth-order valence-corrected chi connectivity index (χ4v) is 4.49. The number of rotatable bonds is 7. The van der Waals surface area contributed by atoms with Gasteiger partial charge in [0, 0.05) is 12.5 Å². The van der Waals surface area contributed by atoms with Gasteiger partial charge in [-0.15, -0.1) is 0 Å². The first kappa shape index (κ1) is 20.4. The fraction of sp³-hybridized carbons (Fsp3) is 0.360. The van der Waals surface area contributed by atoms with E-state index in [0.29, 0.717) is 24.5 Å². The zero-order valence-electron chi connectivity index (χ0n) is 17.4. The number of hydrogen-bond acceptors (Lipinski definition) is 4. The summed E-state index contributed by atoms with van der Waals surface area (Å²) in [5, 5.41) is 9.93. The number of fused-ring (bicyclic) bond motifs is 1. The van der Waals surface area contributed by atoms with Gasteiger partial charge in [-0.05, 0) is 66.6 Å². The van der Waals surface area contributed by atoms with Crippen LogP contribution in [0.4, 0.5) is 0 Å². The molecule has 2 aromatic carbocycles. The summed E-state index contributed by atoms with van der Waals surface area (Å²) in [4.78, 5) is 15.7. The van der Waals surface area contributed by atoms with Crippen molar-refractivity contribution in [2.24, 2.45) is 5.92 Å². The van der Waals surface area contributed by atoms with E-state index < -0.39 is 5.97 Å². The van der Waals surface area contributed by atoms with Gasteiger partial charge >= 0.3 is 5.97 Å². The molecule has 0 spiro atoms. The molecular weight excluding hydrogens is 378 g/mol. The average Bonchev–Trinajstić information content (AvgIpc) is 3.25. The molecule has 1 heterocycles. The predicted octanol–water partition coefficient (Wildman–Crippen LogP) is 5.43. The summed E-state index contributed by atoms with van der Waals surface area (Å²) in [6.07, 6.45) is 3.91. The second-order valence-electron chi connectivity index (χ2n) is 8.03. The van der Waals surface area contributed by atoms with Gasteiger partial charge in [0.2, 0.25) is 0 Å². The third kappa shape index (κ3) is 4.31. The minimum Gasteiger partial charge on any atom is -0.487 e. The number of benzene rings is 2. The van der Waals surface area contributed by atoms with Crippen molar-refractivity contribution in [2.75, 3.05) is 7.11 Å². The molecule has 1 N–H and O–H groups in total. The quantitative estimate of drug-likeness (QED) is 0.568. The smallest absolute Gasteiger partial charge is 0.335 e. The lowest BCUT2D eigenvalue weighted by molar-refractivity contribution is 0.0629. The topological polar surface area (TPSA) is 68.7 Å². The Morgan fingerprint density at radius 1 is 1.17 bits per heavy atom. The van der Waals surface area contributed by atoms with Crippen LogP contribution in [0.25, 0.3) is 10.9 Å². The van der Waals surface area contributed by atoms with Crippen molar-refractivity contribution in [1.82, 2.24) is 4.98 Å². The van der Waals surface area contributed by atoms with Crippen LogP contribution in [-0.4, -0.2) is 29.3 Å². The molecule has 1 fully saturated rings. The van der Waals surface area contributed by atoms with Crippen molar-refractivity contribution in [2.45, 2.75) is 44.8 Å². The molecule has 1 aromatic heterocycles. The van der Waals surface area contributed by atoms with Gasteiger partial charge < -0.3 is 14.6 Å². The molecule has 1 aliphatic carbocycles. The van der Waals surface area contributed by atoms with Gasteiger partial charge in [0.1, 0.15) is 12.4 Å². The summed E-state index contributed by atoms with van der Waals surface area (Å²) in [7, 11) is 1.81. The molecule has 1 saturated carbocycles. The highest BCUT2D eigenvalue weighted by Gasteiger charge is 2.32. The number of nitrogens with zero attached hydrogens (tertiary/aromatic N) is 1. The van der Waals surface area contributed by atoms with Crippen LogP contribution in [0.3, 0.4) is 0 Å².